The SMILES string of the molecule is N#CCc1c(Cl)cccc1-c1cccc(OC(F)(F)F)c1. The van der Waals surface area contributed by atoms with Crippen LogP contribution in [0.4, 0.5) is 13.2 Å². The van der Waals surface area contributed by atoms with Crippen molar-refractivity contribution in [2.45, 2.75) is 12.8 Å². The van der Waals surface area contributed by atoms with E-state index in [1.54, 1.807) is 24.3 Å². The Bertz CT molecular complexity index is 692. The quantitative estimate of drug-likeness (QED) is 0.801. The second-order valence-electron chi connectivity index (χ2n) is 4.18. The Morgan fingerprint density at radius 3 is 2.52 bits per heavy atom. The first-order chi connectivity index (χ1) is 9.90. The lowest BCUT2D eigenvalue weighted by Gasteiger charge is -2.12. The van der Waals surface area contributed by atoms with Crippen LogP contribution in [0.1, 0.15) is 5.56 Å². The molecule has 0 fully saturated rings. The van der Waals surface area contributed by atoms with Gasteiger partial charge in [-0.3, -0.25) is 0 Å². The summed E-state index contributed by atoms with van der Waals surface area (Å²) >= 11 is 6.04. The summed E-state index contributed by atoms with van der Waals surface area (Å²) in [6.45, 7) is 0. The Morgan fingerprint density at radius 1 is 1.14 bits per heavy atom. The third-order valence-electron chi connectivity index (χ3n) is 2.75. The Hall–Kier alpha value is -2.19. The van der Waals surface area contributed by atoms with E-state index in [2.05, 4.69) is 4.74 Å². The van der Waals surface area contributed by atoms with E-state index in [4.69, 9.17) is 16.9 Å². The van der Waals surface area contributed by atoms with E-state index in [-0.39, 0.29) is 12.2 Å². The summed E-state index contributed by atoms with van der Waals surface area (Å²) in [6, 6.07) is 12.6. The van der Waals surface area contributed by atoms with Crippen LogP contribution < -0.4 is 4.74 Å². The van der Waals surface area contributed by atoms with Crippen molar-refractivity contribution >= 4 is 11.6 Å². The van der Waals surface area contributed by atoms with Gasteiger partial charge in [0.15, 0.2) is 0 Å². The van der Waals surface area contributed by atoms with Crippen molar-refractivity contribution in [2.75, 3.05) is 0 Å². The van der Waals surface area contributed by atoms with Gasteiger partial charge in [0.05, 0.1) is 12.5 Å². The number of nitriles is 1. The standard InChI is InChI=1S/C15H9ClF3NO/c16-14-6-2-5-12(13(14)7-8-20)10-3-1-4-11(9-10)21-15(17,18)19/h1-6,9H,7H2. The van der Waals surface area contributed by atoms with Crippen molar-refractivity contribution < 1.29 is 17.9 Å². The first-order valence-corrected chi connectivity index (χ1v) is 6.29. The summed E-state index contributed by atoms with van der Waals surface area (Å²) in [5, 5.41) is 9.24. The van der Waals surface area contributed by atoms with E-state index in [9.17, 15) is 13.2 Å². The van der Waals surface area contributed by atoms with E-state index in [0.717, 1.165) is 0 Å². The Labute approximate surface area is 124 Å². The molecular weight excluding hydrogens is 303 g/mol. The van der Waals surface area contributed by atoms with Crippen LogP contribution in [0.2, 0.25) is 5.02 Å². The van der Waals surface area contributed by atoms with E-state index < -0.39 is 6.36 Å². The average Bonchev–Trinajstić information content (AvgIpc) is 2.39. The van der Waals surface area contributed by atoms with Crippen LogP contribution in [0.5, 0.6) is 5.75 Å². The van der Waals surface area contributed by atoms with Crippen LogP contribution in [0.25, 0.3) is 11.1 Å². The number of alkyl halides is 3. The van der Waals surface area contributed by atoms with Crippen LogP contribution in [-0.4, -0.2) is 6.36 Å². The van der Waals surface area contributed by atoms with Crippen LogP contribution in [0, 0.1) is 11.3 Å². The maximum absolute atomic E-state index is 12.3. The van der Waals surface area contributed by atoms with Gasteiger partial charge in [0.25, 0.3) is 0 Å². The minimum Gasteiger partial charge on any atom is -0.406 e. The minimum absolute atomic E-state index is 0.0688. The highest BCUT2D eigenvalue weighted by molar-refractivity contribution is 6.31. The monoisotopic (exact) mass is 311 g/mol. The third kappa shape index (κ3) is 3.89. The van der Waals surface area contributed by atoms with Crippen LogP contribution in [-0.2, 0) is 6.42 Å². The topological polar surface area (TPSA) is 33.0 Å². The second-order valence-corrected chi connectivity index (χ2v) is 4.58. The molecule has 2 rings (SSSR count). The molecule has 0 saturated carbocycles. The molecule has 0 aliphatic rings. The molecule has 2 nitrogen and oxygen atoms in total. The first-order valence-electron chi connectivity index (χ1n) is 5.91. The molecule has 0 saturated heterocycles. The zero-order valence-electron chi connectivity index (χ0n) is 10.6. The van der Waals surface area contributed by atoms with E-state index >= 15 is 0 Å². The highest BCUT2D eigenvalue weighted by Crippen LogP contribution is 2.32. The van der Waals surface area contributed by atoms with Gasteiger partial charge >= 0.3 is 6.36 Å². The molecule has 0 heterocycles. The Balaban J connectivity index is 2.46. The van der Waals surface area contributed by atoms with E-state index in [1.807, 2.05) is 6.07 Å². The smallest absolute Gasteiger partial charge is 0.406 e. The maximum atomic E-state index is 12.3. The molecule has 0 bridgehead atoms. The number of hydrogen-bond donors (Lipinski definition) is 0. The first kappa shape index (κ1) is 15.2. The fourth-order valence-electron chi connectivity index (χ4n) is 1.95. The summed E-state index contributed by atoms with van der Waals surface area (Å²) in [5.41, 5.74) is 1.69. The second kappa shape index (κ2) is 6.06. The Kier molecular flexibility index (Phi) is 4.39. The molecule has 0 aliphatic heterocycles. The normalized spacial score (nSPS) is 11.0. The van der Waals surface area contributed by atoms with Gasteiger partial charge in [-0.2, -0.15) is 5.26 Å². The molecule has 0 atom stereocenters. The molecule has 2 aromatic carbocycles. The molecular formula is C15H9ClF3NO. The lowest BCUT2D eigenvalue weighted by molar-refractivity contribution is -0.274. The van der Waals surface area contributed by atoms with Gasteiger partial charge in [-0.15, -0.1) is 13.2 Å². The summed E-state index contributed by atoms with van der Waals surface area (Å²) in [4.78, 5) is 0. The maximum Gasteiger partial charge on any atom is 0.573 e. The van der Waals surface area contributed by atoms with Crippen molar-refractivity contribution in [1.29, 1.82) is 5.26 Å². The molecule has 6 heteroatoms. The molecule has 0 unspecified atom stereocenters. The number of ether oxygens (including phenoxy) is 1. The van der Waals surface area contributed by atoms with Gasteiger partial charge in [0.1, 0.15) is 5.75 Å². The molecule has 0 aromatic heterocycles. The predicted molar refractivity (Wildman–Crippen MR) is 72.9 cm³/mol. The Morgan fingerprint density at radius 2 is 1.86 bits per heavy atom. The van der Waals surface area contributed by atoms with Crippen molar-refractivity contribution in [1.82, 2.24) is 0 Å². The van der Waals surface area contributed by atoms with E-state index in [1.165, 1.54) is 18.2 Å². The fraction of sp³-hybridized carbons (Fsp3) is 0.133. The molecule has 108 valence electrons. The lowest BCUT2D eigenvalue weighted by atomic mass is 9.98. The van der Waals surface area contributed by atoms with Gasteiger partial charge in [-0.25, -0.2) is 0 Å². The van der Waals surface area contributed by atoms with Gasteiger partial charge in [0, 0.05) is 5.02 Å². The summed E-state index contributed by atoms with van der Waals surface area (Å²) < 4.78 is 40.7. The van der Waals surface area contributed by atoms with Crippen LogP contribution in [0.15, 0.2) is 42.5 Å². The summed E-state index contributed by atoms with van der Waals surface area (Å²) in [6.07, 6.45) is -4.68. The number of nitrogens with zero attached hydrogens (tertiary/aromatic N) is 1. The number of benzene rings is 2. The molecule has 0 radical (unpaired) electrons. The highest BCUT2D eigenvalue weighted by atomic mass is 35.5. The number of hydrogen-bond acceptors (Lipinski definition) is 2. The van der Waals surface area contributed by atoms with E-state index in [0.29, 0.717) is 21.7 Å². The molecule has 0 aliphatic carbocycles. The van der Waals surface area contributed by atoms with Gasteiger partial charge in [-0.05, 0) is 34.9 Å². The summed E-state index contributed by atoms with van der Waals surface area (Å²) in [5.74, 6) is -0.317. The van der Waals surface area contributed by atoms with Crippen molar-refractivity contribution in [3.05, 3.63) is 53.1 Å². The predicted octanol–water partition coefficient (Wildman–Crippen LogP) is 4.97. The molecule has 2 aromatic rings. The van der Waals surface area contributed by atoms with Crippen molar-refractivity contribution in [3.8, 4) is 22.9 Å². The lowest BCUT2D eigenvalue weighted by Crippen LogP contribution is -2.17. The van der Waals surface area contributed by atoms with Crippen molar-refractivity contribution in [2.24, 2.45) is 0 Å². The van der Waals surface area contributed by atoms with Crippen LogP contribution >= 0.6 is 11.6 Å². The fourth-order valence-corrected chi connectivity index (χ4v) is 2.19. The molecule has 21 heavy (non-hydrogen) atoms. The molecule has 0 amide bonds. The largest absolute Gasteiger partial charge is 0.573 e. The summed E-state index contributed by atoms with van der Waals surface area (Å²) in [7, 11) is 0. The zero-order valence-corrected chi connectivity index (χ0v) is 11.4. The average molecular weight is 312 g/mol. The van der Waals surface area contributed by atoms with Gasteiger partial charge in [0.2, 0.25) is 0 Å². The number of halogens is 4. The minimum atomic E-state index is -4.75. The molecule has 0 N–H and O–H groups in total. The van der Waals surface area contributed by atoms with Crippen LogP contribution in [0.3, 0.4) is 0 Å². The van der Waals surface area contributed by atoms with Gasteiger partial charge in [-0.1, -0.05) is 35.9 Å². The number of rotatable bonds is 3. The molecule has 0 spiro atoms. The third-order valence-corrected chi connectivity index (χ3v) is 3.11. The highest BCUT2D eigenvalue weighted by Gasteiger charge is 2.31. The van der Waals surface area contributed by atoms with Gasteiger partial charge < -0.3 is 4.74 Å². The van der Waals surface area contributed by atoms with Crippen molar-refractivity contribution in [3.63, 3.8) is 0 Å². The zero-order chi connectivity index (χ0) is 15.5.